The molecule has 0 spiro atoms. The molecule has 0 fully saturated rings. The first-order valence-corrected chi connectivity index (χ1v) is 17.3. The predicted molar refractivity (Wildman–Crippen MR) is 182 cm³/mol. The summed E-state index contributed by atoms with van der Waals surface area (Å²) in [5.41, 5.74) is 18.8. The second kappa shape index (κ2) is 20.1. The zero-order chi connectivity index (χ0) is 29.8. The Balaban J connectivity index is 1.66. The van der Waals surface area contributed by atoms with E-state index in [4.69, 9.17) is 0 Å². The van der Waals surface area contributed by atoms with Crippen molar-refractivity contribution in [1.82, 2.24) is 0 Å². The fourth-order valence-electron chi connectivity index (χ4n) is 5.84. The molecule has 0 radical (unpaired) electrons. The average molecular weight is 565 g/mol. The Hall–Kier alpha value is -2.92. The Morgan fingerprint density at radius 2 is 1.12 bits per heavy atom. The van der Waals surface area contributed by atoms with Gasteiger partial charge in [-0.05, 0) is 67.5 Å². The van der Waals surface area contributed by atoms with Gasteiger partial charge in [0.1, 0.15) is 5.57 Å². The van der Waals surface area contributed by atoms with Crippen molar-refractivity contribution in [3.63, 3.8) is 0 Å². The minimum absolute atomic E-state index is 0.813. The van der Waals surface area contributed by atoms with Crippen LogP contribution in [0.1, 0.15) is 152 Å². The highest BCUT2D eigenvalue weighted by Gasteiger charge is 2.28. The molecule has 2 aromatic rings. The number of hydrogen-bond acceptors (Lipinski definition) is 0. The third-order valence-electron chi connectivity index (χ3n) is 8.42. The summed E-state index contributed by atoms with van der Waals surface area (Å²) in [6.45, 7) is 6.76. The first kappa shape index (κ1) is 33.6. The van der Waals surface area contributed by atoms with Crippen LogP contribution in [0.3, 0.4) is 0 Å². The van der Waals surface area contributed by atoms with E-state index in [0.717, 1.165) is 53.8 Å². The van der Waals surface area contributed by atoms with Crippen LogP contribution in [0.5, 0.6) is 0 Å². The fourth-order valence-corrected chi connectivity index (χ4v) is 5.84. The topological polar surface area (TPSA) is 25.3 Å². The Bertz CT molecular complexity index is 1220. The minimum atomic E-state index is 0.813. The van der Waals surface area contributed by atoms with Crippen LogP contribution in [0.4, 0.5) is 0 Å². The summed E-state index contributed by atoms with van der Waals surface area (Å²) in [4.78, 5) is 0. The van der Waals surface area contributed by atoms with E-state index in [1.54, 1.807) is 0 Å². The first-order valence-electron chi connectivity index (χ1n) is 17.3. The Morgan fingerprint density at radius 1 is 0.595 bits per heavy atom. The molecule has 0 aliphatic carbocycles. The normalized spacial score (nSPS) is 12.9. The molecule has 2 aromatic carbocycles. The van der Waals surface area contributed by atoms with E-state index in [1.807, 2.05) is 0 Å². The van der Waals surface area contributed by atoms with Crippen molar-refractivity contribution in [2.45, 2.75) is 143 Å². The predicted octanol–water partition coefficient (Wildman–Crippen LogP) is 12.3. The summed E-state index contributed by atoms with van der Waals surface area (Å²) in [5, 5.41) is 0. The van der Waals surface area contributed by atoms with Crippen molar-refractivity contribution in [1.29, 1.82) is 0 Å². The summed E-state index contributed by atoms with van der Waals surface area (Å²) >= 11 is 0. The number of unbranched alkanes of at least 4 members (excludes halogenated alkanes) is 14. The van der Waals surface area contributed by atoms with E-state index < -0.39 is 0 Å². The first-order chi connectivity index (χ1) is 20.7. The maximum Gasteiger partial charge on any atom is 0.223 e. The van der Waals surface area contributed by atoms with E-state index in [0.29, 0.717) is 0 Å². The van der Waals surface area contributed by atoms with Crippen molar-refractivity contribution in [3.8, 4) is 11.8 Å². The van der Waals surface area contributed by atoms with Crippen LogP contribution in [0, 0.1) is 11.8 Å². The van der Waals surface area contributed by atoms with Crippen LogP contribution in [0.15, 0.2) is 60.2 Å². The van der Waals surface area contributed by atoms with E-state index in [9.17, 15) is 5.53 Å². The van der Waals surface area contributed by atoms with E-state index in [-0.39, 0.29) is 0 Å². The Labute approximate surface area is 258 Å². The summed E-state index contributed by atoms with van der Waals surface area (Å²) < 4.78 is 1.39. The van der Waals surface area contributed by atoms with Crippen molar-refractivity contribution in [3.05, 3.63) is 88.0 Å². The lowest BCUT2D eigenvalue weighted by molar-refractivity contribution is -0.344. The van der Waals surface area contributed by atoms with Crippen molar-refractivity contribution in [2.24, 2.45) is 0 Å². The second-order valence-corrected chi connectivity index (χ2v) is 12.2. The molecule has 1 aliphatic rings. The number of hydrogen-bond donors (Lipinski definition) is 0. The van der Waals surface area contributed by atoms with Crippen LogP contribution in [0.25, 0.3) is 16.9 Å². The molecule has 0 amide bonds. The van der Waals surface area contributed by atoms with E-state index in [1.165, 1.54) is 112 Å². The number of nitrogens with zero attached hydrogens (tertiary/aromatic N) is 2. The van der Waals surface area contributed by atoms with Crippen LogP contribution in [-0.2, 0) is 12.8 Å². The Morgan fingerprint density at radius 3 is 1.76 bits per heavy atom. The number of rotatable bonds is 20. The highest BCUT2D eigenvalue weighted by atomic mass is 15.2. The van der Waals surface area contributed by atoms with Crippen molar-refractivity contribution < 1.29 is 4.70 Å². The van der Waals surface area contributed by atoms with Crippen LogP contribution in [-0.4, -0.2) is 4.70 Å². The molecule has 226 valence electrons. The Kier molecular flexibility index (Phi) is 16.0. The highest BCUT2D eigenvalue weighted by Crippen LogP contribution is 2.35. The molecule has 0 atom stereocenters. The molecule has 0 bridgehead atoms. The molecule has 3 rings (SSSR count). The van der Waals surface area contributed by atoms with Gasteiger partial charge in [-0.15, -0.1) is 0 Å². The maximum atomic E-state index is 11.5. The van der Waals surface area contributed by atoms with Gasteiger partial charge in [-0.1, -0.05) is 140 Å². The molecule has 2 nitrogen and oxygen atoms in total. The van der Waals surface area contributed by atoms with Crippen molar-refractivity contribution >= 4 is 11.4 Å². The average Bonchev–Trinajstić information content (AvgIpc) is 3.34. The zero-order valence-electron chi connectivity index (χ0n) is 27.0. The second-order valence-electron chi connectivity index (χ2n) is 12.2. The fraction of sp³-hybridized carbons (Fsp3) is 0.550. The van der Waals surface area contributed by atoms with Gasteiger partial charge >= 0.3 is 0 Å². The highest BCUT2D eigenvalue weighted by molar-refractivity contribution is 5.82. The van der Waals surface area contributed by atoms with Gasteiger partial charge in [-0.25, -0.2) is 4.70 Å². The minimum Gasteiger partial charge on any atom is -0.493 e. The molecule has 2 heteroatoms. The van der Waals surface area contributed by atoms with Crippen LogP contribution < -0.4 is 0 Å². The molecular formula is C40H56N2. The molecule has 1 heterocycles. The van der Waals surface area contributed by atoms with Crippen LogP contribution >= 0.6 is 0 Å². The molecule has 0 saturated heterocycles. The van der Waals surface area contributed by atoms with Gasteiger partial charge in [0, 0.05) is 23.6 Å². The molecule has 0 aromatic heterocycles. The smallest absolute Gasteiger partial charge is 0.223 e. The van der Waals surface area contributed by atoms with Gasteiger partial charge in [-0.2, -0.15) is 0 Å². The zero-order valence-corrected chi connectivity index (χ0v) is 27.0. The molecule has 42 heavy (non-hydrogen) atoms. The van der Waals surface area contributed by atoms with Gasteiger partial charge in [0.15, 0.2) is 0 Å². The number of aryl methyl sites for hydroxylation is 2. The summed E-state index contributed by atoms with van der Waals surface area (Å²) in [5.74, 6) is 6.92. The molecule has 0 unspecified atom stereocenters. The number of allylic oxidation sites excluding steroid dienone is 2. The third kappa shape index (κ3) is 11.4. The largest absolute Gasteiger partial charge is 0.493 e. The lowest BCUT2D eigenvalue weighted by Gasteiger charge is -2.11. The lowest BCUT2D eigenvalue weighted by atomic mass is 10.0. The summed E-state index contributed by atoms with van der Waals surface area (Å²) in [6.07, 6.45) is 26.0. The molecule has 0 saturated carbocycles. The van der Waals surface area contributed by atoms with E-state index >= 15 is 0 Å². The monoisotopic (exact) mass is 564 g/mol. The van der Waals surface area contributed by atoms with Gasteiger partial charge in [0.2, 0.25) is 11.4 Å². The maximum absolute atomic E-state index is 11.5. The van der Waals surface area contributed by atoms with Gasteiger partial charge in [0.05, 0.1) is 0 Å². The number of benzene rings is 2. The molecule has 1 aliphatic heterocycles. The van der Waals surface area contributed by atoms with E-state index in [2.05, 4.69) is 87.2 Å². The standard InChI is InChI=1S/C40H56N2/c1-4-7-10-11-12-13-14-15-16-17-18-19-21-28-38-33-39(36-29-22-26-34(31-36)24-9-6-3)42(41)40(38)37-30-23-27-35(32-37)25-20-8-5-2/h22-23,26-27,29-33H,4-20,24-25H2,1-3H3. The SMILES string of the molecule is CCCCCCCCCCCCCC#CC1=C(c2cccc(CCCCC)c2)[N+](=[N-])C(c2cccc(CCCC)c2)=C1. The summed E-state index contributed by atoms with van der Waals surface area (Å²) in [6, 6.07) is 17.3. The quantitative estimate of drug-likeness (QED) is 0.0868. The van der Waals surface area contributed by atoms with Gasteiger partial charge in [0.25, 0.3) is 0 Å². The van der Waals surface area contributed by atoms with Crippen LogP contribution in [0.2, 0.25) is 0 Å². The molecule has 0 N–H and O–H groups in total. The molecular weight excluding hydrogens is 508 g/mol. The van der Waals surface area contributed by atoms with Gasteiger partial charge < -0.3 is 5.53 Å². The third-order valence-corrected chi connectivity index (χ3v) is 8.42. The van der Waals surface area contributed by atoms with Crippen molar-refractivity contribution in [2.75, 3.05) is 0 Å². The van der Waals surface area contributed by atoms with Gasteiger partial charge in [-0.3, -0.25) is 0 Å². The summed E-state index contributed by atoms with van der Waals surface area (Å²) in [7, 11) is 0. The lowest BCUT2D eigenvalue weighted by Crippen LogP contribution is -2.03.